The van der Waals surface area contributed by atoms with Gasteiger partial charge in [-0.3, -0.25) is 4.79 Å². The number of hydrogen-bond donors (Lipinski definition) is 2. The van der Waals surface area contributed by atoms with Gasteiger partial charge in [0.05, 0.1) is 4.34 Å². The number of aliphatic carboxylic acids is 1. The van der Waals surface area contributed by atoms with Gasteiger partial charge in [0.1, 0.15) is 6.04 Å². The molecule has 0 amide bonds. The molecule has 0 aliphatic rings. The summed E-state index contributed by atoms with van der Waals surface area (Å²) < 4.78 is 0.617. The van der Waals surface area contributed by atoms with Crippen molar-refractivity contribution in [3.63, 3.8) is 0 Å². The predicted molar refractivity (Wildman–Crippen MR) is 48.6 cm³/mol. The van der Waals surface area contributed by atoms with Crippen LogP contribution in [0, 0.1) is 0 Å². The summed E-state index contributed by atoms with van der Waals surface area (Å²) in [6.45, 7) is 0. The monoisotopic (exact) mass is 205 g/mol. The molecule has 0 aliphatic carbocycles. The summed E-state index contributed by atoms with van der Waals surface area (Å²) in [5, 5.41) is 10.3. The lowest BCUT2D eigenvalue weighted by Gasteiger charge is -2.03. The average Bonchev–Trinajstić information content (AvgIpc) is 2.36. The van der Waals surface area contributed by atoms with Crippen molar-refractivity contribution < 1.29 is 9.90 Å². The smallest absolute Gasteiger partial charge is 0.320 e. The fraction of sp³-hybridized carbons (Fsp3) is 0.286. The predicted octanol–water partition coefficient (Wildman–Crippen LogP) is 1.36. The minimum atomic E-state index is -1.00. The van der Waals surface area contributed by atoms with E-state index in [0.29, 0.717) is 4.34 Å². The van der Waals surface area contributed by atoms with Crippen molar-refractivity contribution in [1.29, 1.82) is 0 Å². The molecule has 12 heavy (non-hydrogen) atoms. The first-order chi connectivity index (χ1) is 5.61. The van der Waals surface area contributed by atoms with Crippen molar-refractivity contribution in [3.05, 3.63) is 21.3 Å². The maximum atomic E-state index is 10.4. The second-order valence-electron chi connectivity index (χ2n) is 2.37. The second-order valence-corrected chi connectivity index (χ2v) is 3.89. The lowest BCUT2D eigenvalue weighted by atomic mass is 10.1. The molecule has 0 spiro atoms. The second kappa shape index (κ2) is 3.89. The zero-order valence-corrected chi connectivity index (χ0v) is 7.73. The van der Waals surface area contributed by atoms with E-state index in [9.17, 15) is 4.79 Å². The van der Waals surface area contributed by atoms with Crippen molar-refractivity contribution in [3.8, 4) is 0 Å². The summed E-state index contributed by atoms with van der Waals surface area (Å²) >= 11 is 7.13. The van der Waals surface area contributed by atoms with E-state index in [4.69, 9.17) is 22.4 Å². The Morgan fingerprint density at radius 1 is 1.83 bits per heavy atom. The van der Waals surface area contributed by atoms with Gasteiger partial charge in [0.15, 0.2) is 0 Å². The maximum Gasteiger partial charge on any atom is 0.320 e. The number of carboxylic acid groups (broad SMARTS) is 1. The number of hydrogen-bond acceptors (Lipinski definition) is 3. The first kappa shape index (κ1) is 9.51. The van der Waals surface area contributed by atoms with Gasteiger partial charge in [0.25, 0.3) is 0 Å². The molecular formula is C7H8ClNO2S. The molecule has 1 atom stereocenters. The van der Waals surface area contributed by atoms with Crippen molar-refractivity contribution in [1.82, 2.24) is 0 Å². The molecule has 5 heteroatoms. The van der Waals surface area contributed by atoms with Crippen LogP contribution in [0.15, 0.2) is 11.4 Å². The lowest BCUT2D eigenvalue weighted by Crippen LogP contribution is -2.32. The first-order valence-electron chi connectivity index (χ1n) is 3.31. The average molecular weight is 206 g/mol. The molecule has 1 rings (SSSR count). The van der Waals surface area contributed by atoms with Crippen LogP contribution in [-0.2, 0) is 11.2 Å². The Morgan fingerprint density at radius 2 is 2.50 bits per heavy atom. The third kappa shape index (κ3) is 2.20. The minimum absolute atomic E-state index is 0.289. The molecule has 1 aromatic rings. The Balaban J connectivity index is 2.64. The SMILES string of the molecule is N[C@@H](Cc1ccsc1Cl)C(=O)O. The summed E-state index contributed by atoms with van der Waals surface area (Å²) in [5.41, 5.74) is 6.13. The molecule has 1 heterocycles. The quantitative estimate of drug-likeness (QED) is 0.783. The summed E-state index contributed by atoms with van der Waals surface area (Å²) in [7, 11) is 0. The summed E-state index contributed by atoms with van der Waals surface area (Å²) in [6.07, 6.45) is 0.289. The number of thiophene rings is 1. The van der Waals surface area contributed by atoms with Crippen LogP contribution < -0.4 is 5.73 Å². The van der Waals surface area contributed by atoms with Crippen LogP contribution >= 0.6 is 22.9 Å². The number of rotatable bonds is 3. The van der Waals surface area contributed by atoms with Crippen LogP contribution in [0.5, 0.6) is 0 Å². The third-order valence-electron chi connectivity index (χ3n) is 1.45. The van der Waals surface area contributed by atoms with E-state index in [1.54, 1.807) is 6.07 Å². The normalized spacial score (nSPS) is 12.8. The van der Waals surface area contributed by atoms with Gasteiger partial charge in [0.2, 0.25) is 0 Å². The molecule has 0 unspecified atom stereocenters. The van der Waals surface area contributed by atoms with Crippen molar-refractivity contribution in [2.45, 2.75) is 12.5 Å². The molecule has 1 aromatic heterocycles. The highest BCUT2D eigenvalue weighted by Crippen LogP contribution is 2.23. The standard InChI is InChI=1S/C7H8ClNO2S/c8-6-4(1-2-12-6)3-5(9)7(10)11/h1-2,5H,3,9H2,(H,10,11)/t5-/m0/s1. The number of carbonyl (C=O) groups is 1. The molecule has 3 N–H and O–H groups in total. The van der Waals surface area contributed by atoms with Crippen LogP contribution in [-0.4, -0.2) is 17.1 Å². The minimum Gasteiger partial charge on any atom is -0.480 e. The van der Waals surface area contributed by atoms with Gasteiger partial charge in [0, 0.05) is 6.42 Å². The molecule has 0 fully saturated rings. The zero-order chi connectivity index (χ0) is 9.14. The number of carboxylic acids is 1. The van der Waals surface area contributed by atoms with E-state index in [2.05, 4.69) is 0 Å². The first-order valence-corrected chi connectivity index (χ1v) is 4.57. The van der Waals surface area contributed by atoms with Crippen LogP contribution in [0.1, 0.15) is 5.56 Å². The fourth-order valence-electron chi connectivity index (χ4n) is 0.790. The van der Waals surface area contributed by atoms with Crippen LogP contribution in [0.25, 0.3) is 0 Å². The number of nitrogens with two attached hydrogens (primary N) is 1. The lowest BCUT2D eigenvalue weighted by molar-refractivity contribution is -0.138. The van der Waals surface area contributed by atoms with Crippen molar-refractivity contribution in [2.24, 2.45) is 5.73 Å². The van der Waals surface area contributed by atoms with Gasteiger partial charge in [-0.15, -0.1) is 11.3 Å². The highest BCUT2D eigenvalue weighted by atomic mass is 35.5. The Bertz CT molecular complexity index is 287. The molecule has 66 valence electrons. The van der Waals surface area contributed by atoms with Crippen molar-refractivity contribution in [2.75, 3.05) is 0 Å². The molecule has 0 aromatic carbocycles. The van der Waals surface area contributed by atoms with Gasteiger partial charge in [-0.25, -0.2) is 0 Å². The summed E-state index contributed by atoms with van der Waals surface area (Å²) in [4.78, 5) is 10.4. The van der Waals surface area contributed by atoms with Crippen LogP contribution in [0.2, 0.25) is 4.34 Å². The highest BCUT2D eigenvalue weighted by Gasteiger charge is 2.14. The van der Waals surface area contributed by atoms with Gasteiger partial charge >= 0.3 is 5.97 Å². The Hall–Kier alpha value is -0.580. The largest absolute Gasteiger partial charge is 0.480 e. The van der Waals surface area contributed by atoms with Crippen LogP contribution in [0.3, 0.4) is 0 Å². The molecule has 0 saturated carbocycles. The molecule has 0 radical (unpaired) electrons. The van der Waals surface area contributed by atoms with Gasteiger partial charge in [-0.05, 0) is 17.0 Å². The Labute approximate surface area is 78.8 Å². The number of halogens is 1. The van der Waals surface area contributed by atoms with Gasteiger partial charge in [-0.2, -0.15) is 0 Å². The molecule has 0 saturated heterocycles. The van der Waals surface area contributed by atoms with E-state index in [0.717, 1.165) is 5.56 Å². The van der Waals surface area contributed by atoms with E-state index >= 15 is 0 Å². The Morgan fingerprint density at radius 3 is 2.92 bits per heavy atom. The molecule has 0 aliphatic heterocycles. The highest BCUT2D eigenvalue weighted by molar-refractivity contribution is 7.14. The Kier molecular flexibility index (Phi) is 3.08. The van der Waals surface area contributed by atoms with E-state index in [1.165, 1.54) is 11.3 Å². The summed E-state index contributed by atoms with van der Waals surface area (Å²) in [5.74, 6) is -1.00. The van der Waals surface area contributed by atoms with E-state index in [-0.39, 0.29) is 6.42 Å². The van der Waals surface area contributed by atoms with Crippen LogP contribution in [0.4, 0.5) is 0 Å². The van der Waals surface area contributed by atoms with Crippen molar-refractivity contribution >= 4 is 28.9 Å². The zero-order valence-electron chi connectivity index (χ0n) is 6.16. The topological polar surface area (TPSA) is 63.3 Å². The molecular weight excluding hydrogens is 198 g/mol. The molecule has 0 bridgehead atoms. The fourth-order valence-corrected chi connectivity index (χ4v) is 1.74. The summed E-state index contributed by atoms with van der Waals surface area (Å²) in [6, 6.07) is 0.924. The van der Waals surface area contributed by atoms with Gasteiger partial charge in [-0.1, -0.05) is 11.6 Å². The van der Waals surface area contributed by atoms with Gasteiger partial charge < -0.3 is 10.8 Å². The van der Waals surface area contributed by atoms with E-state index in [1.807, 2.05) is 5.38 Å². The van der Waals surface area contributed by atoms with E-state index < -0.39 is 12.0 Å². The molecule has 3 nitrogen and oxygen atoms in total. The maximum absolute atomic E-state index is 10.4. The third-order valence-corrected chi connectivity index (χ3v) is 2.70.